The number of esters is 4. The zero-order valence-electron chi connectivity index (χ0n) is 58.4. The highest BCUT2D eigenvalue weighted by Gasteiger charge is 2.30. The summed E-state index contributed by atoms with van der Waals surface area (Å²) >= 11 is 0. The molecule has 5 atom stereocenters. The van der Waals surface area contributed by atoms with Gasteiger partial charge in [0.2, 0.25) is 0 Å². The molecule has 0 aromatic carbocycles. The zero-order chi connectivity index (χ0) is 66.5. The Morgan fingerprint density at radius 2 is 0.511 bits per heavy atom. The smallest absolute Gasteiger partial charge is 0.462 e. The average molecular weight is 1330 g/mol. The summed E-state index contributed by atoms with van der Waals surface area (Å²) in [6.45, 7) is 9.52. The first-order chi connectivity index (χ1) is 43.4. The van der Waals surface area contributed by atoms with Gasteiger partial charge in [0.05, 0.1) is 26.4 Å². The molecule has 0 amide bonds. The lowest BCUT2D eigenvalue weighted by Crippen LogP contribution is -2.30. The largest absolute Gasteiger partial charge is 0.472 e. The SMILES string of the molecule is CCCCCCCCCCCCCCCCCC(=O)O[C@H](COC(=O)CCCCCCCCCCCCCC(C)C)COP(=O)(O)OC[C@@H](O)COP(=O)(O)OC[C@@H](COC(=O)CCCCCCCCCCCC)OC(=O)CCCCCCCCCCC(C)C. The molecule has 0 aliphatic carbocycles. The van der Waals surface area contributed by atoms with Crippen molar-refractivity contribution in [3.63, 3.8) is 0 Å². The number of phosphoric ester groups is 2. The fraction of sp³-hybridized carbons (Fsp3) is 0.944. The second kappa shape index (κ2) is 63.1. The maximum Gasteiger partial charge on any atom is 0.472 e. The zero-order valence-corrected chi connectivity index (χ0v) is 60.2. The van der Waals surface area contributed by atoms with Gasteiger partial charge in [-0.25, -0.2) is 9.13 Å². The van der Waals surface area contributed by atoms with Crippen LogP contribution in [0.5, 0.6) is 0 Å². The summed E-state index contributed by atoms with van der Waals surface area (Å²) in [6, 6.07) is 0. The Morgan fingerprint density at radius 3 is 0.756 bits per heavy atom. The van der Waals surface area contributed by atoms with Gasteiger partial charge < -0.3 is 33.8 Å². The Bertz CT molecular complexity index is 1750. The molecule has 17 nitrogen and oxygen atoms in total. The third-order valence-electron chi connectivity index (χ3n) is 16.5. The fourth-order valence-electron chi connectivity index (χ4n) is 10.8. The Kier molecular flexibility index (Phi) is 61.8. The minimum Gasteiger partial charge on any atom is -0.462 e. The number of unbranched alkanes of at least 4 members (excludes halogenated alkanes) is 40. The van der Waals surface area contributed by atoms with E-state index in [0.717, 1.165) is 102 Å². The number of aliphatic hydroxyl groups is 1. The average Bonchev–Trinajstić information content (AvgIpc) is 3.07. The molecule has 0 saturated heterocycles. The predicted molar refractivity (Wildman–Crippen MR) is 363 cm³/mol. The van der Waals surface area contributed by atoms with Crippen molar-refractivity contribution in [3.8, 4) is 0 Å². The molecule has 0 bridgehead atoms. The second-order valence-electron chi connectivity index (χ2n) is 26.6. The molecule has 0 radical (unpaired) electrons. The van der Waals surface area contributed by atoms with E-state index in [0.29, 0.717) is 25.7 Å². The normalized spacial score (nSPS) is 14.1. The van der Waals surface area contributed by atoms with Crippen LogP contribution in [0.4, 0.5) is 0 Å². The van der Waals surface area contributed by atoms with Crippen LogP contribution in [0.2, 0.25) is 0 Å². The molecule has 0 rings (SSSR count). The third kappa shape index (κ3) is 64.8. The first-order valence-corrected chi connectivity index (χ1v) is 40.0. The highest BCUT2D eigenvalue weighted by Crippen LogP contribution is 2.45. The Labute approximate surface area is 549 Å². The molecule has 534 valence electrons. The Balaban J connectivity index is 5.25. The standard InChI is InChI=1S/C71H138O17P2/c1-7-9-11-13-15-17-19-20-21-22-25-30-37-43-49-55-70(75)87-66(59-82-69(74)54-48-42-36-29-26-23-24-27-33-39-45-51-63(3)4)61-85-89(77,78)83-57-65(72)58-84-90(79,80)86-62-67(60-81-68(73)53-47-41-35-28-18-16-14-12-10-8-2)88-71(76)56-50-44-38-32-31-34-40-46-52-64(5)6/h63-67,72H,7-62H2,1-6H3,(H,77,78)(H,79,80)/t65-,66-,67-/m1/s1. The van der Waals surface area contributed by atoms with Gasteiger partial charge in [0.25, 0.3) is 0 Å². The Hall–Kier alpha value is -1.94. The molecular weight excluding hydrogens is 1190 g/mol. The Morgan fingerprint density at radius 1 is 0.300 bits per heavy atom. The highest BCUT2D eigenvalue weighted by molar-refractivity contribution is 7.47. The van der Waals surface area contributed by atoms with Crippen LogP contribution in [0.1, 0.15) is 363 Å². The molecule has 0 fully saturated rings. The van der Waals surface area contributed by atoms with Gasteiger partial charge >= 0.3 is 39.5 Å². The van der Waals surface area contributed by atoms with Crippen molar-refractivity contribution < 1.29 is 80.2 Å². The van der Waals surface area contributed by atoms with Gasteiger partial charge in [0.15, 0.2) is 12.2 Å². The van der Waals surface area contributed by atoms with Crippen molar-refractivity contribution in [3.05, 3.63) is 0 Å². The number of ether oxygens (including phenoxy) is 4. The van der Waals surface area contributed by atoms with E-state index in [4.69, 9.17) is 37.0 Å². The van der Waals surface area contributed by atoms with Gasteiger partial charge in [-0.3, -0.25) is 37.3 Å². The minimum atomic E-state index is -4.95. The van der Waals surface area contributed by atoms with Crippen LogP contribution in [0.3, 0.4) is 0 Å². The van der Waals surface area contributed by atoms with E-state index in [1.165, 1.54) is 180 Å². The molecule has 0 aromatic heterocycles. The second-order valence-corrected chi connectivity index (χ2v) is 29.5. The summed E-state index contributed by atoms with van der Waals surface area (Å²) in [5.41, 5.74) is 0. The van der Waals surface area contributed by atoms with Crippen LogP contribution in [-0.2, 0) is 65.4 Å². The van der Waals surface area contributed by atoms with E-state index in [1.54, 1.807) is 0 Å². The van der Waals surface area contributed by atoms with Crippen LogP contribution in [0.15, 0.2) is 0 Å². The van der Waals surface area contributed by atoms with Gasteiger partial charge in [-0.05, 0) is 37.5 Å². The van der Waals surface area contributed by atoms with Gasteiger partial charge in [0, 0.05) is 25.7 Å². The van der Waals surface area contributed by atoms with Crippen molar-refractivity contribution in [2.24, 2.45) is 11.8 Å². The molecule has 2 unspecified atom stereocenters. The van der Waals surface area contributed by atoms with E-state index in [9.17, 15) is 43.2 Å². The summed E-state index contributed by atoms with van der Waals surface area (Å²) in [4.78, 5) is 72.6. The predicted octanol–water partition coefficient (Wildman–Crippen LogP) is 20.4. The van der Waals surface area contributed by atoms with Crippen LogP contribution in [0, 0.1) is 11.8 Å². The number of hydrogen-bond donors (Lipinski definition) is 3. The van der Waals surface area contributed by atoms with E-state index >= 15 is 0 Å². The van der Waals surface area contributed by atoms with Gasteiger partial charge in [-0.2, -0.15) is 0 Å². The number of aliphatic hydroxyl groups excluding tert-OH is 1. The van der Waals surface area contributed by atoms with Crippen molar-refractivity contribution in [2.75, 3.05) is 39.6 Å². The molecule has 90 heavy (non-hydrogen) atoms. The summed E-state index contributed by atoms with van der Waals surface area (Å²) in [5, 5.41) is 10.6. The van der Waals surface area contributed by atoms with Crippen molar-refractivity contribution >= 4 is 39.5 Å². The van der Waals surface area contributed by atoms with Crippen LogP contribution in [0.25, 0.3) is 0 Å². The van der Waals surface area contributed by atoms with Crippen molar-refractivity contribution in [1.82, 2.24) is 0 Å². The van der Waals surface area contributed by atoms with Crippen LogP contribution < -0.4 is 0 Å². The van der Waals surface area contributed by atoms with Gasteiger partial charge in [0.1, 0.15) is 19.3 Å². The maximum absolute atomic E-state index is 13.0. The molecule has 0 spiro atoms. The number of carbonyl (C=O) groups is 4. The molecule has 0 aliphatic heterocycles. The highest BCUT2D eigenvalue weighted by atomic mass is 31.2. The maximum atomic E-state index is 13.0. The third-order valence-corrected chi connectivity index (χ3v) is 18.4. The van der Waals surface area contributed by atoms with E-state index in [1.807, 2.05) is 0 Å². The van der Waals surface area contributed by atoms with E-state index in [2.05, 4.69) is 41.5 Å². The molecule has 0 saturated carbocycles. The topological polar surface area (TPSA) is 237 Å². The monoisotopic (exact) mass is 1320 g/mol. The molecule has 3 N–H and O–H groups in total. The van der Waals surface area contributed by atoms with Gasteiger partial charge in [-0.1, -0.05) is 311 Å². The number of carbonyl (C=O) groups excluding carboxylic acids is 4. The molecule has 0 aliphatic rings. The lowest BCUT2D eigenvalue weighted by atomic mass is 10.0. The quantitative estimate of drug-likeness (QED) is 0.0222. The van der Waals surface area contributed by atoms with Crippen LogP contribution >= 0.6 is 15.6 Å². The lowest BCUT2D eigenvalue weighted by molar-refractivity contribution is -0.161. The first kappa shape index (κ1) is 88.1. The number of rotatable bonds is 70. The summed E-state index contributed by atoms with van der Waals surface area (Å²) < 4.78 is 68.3. The first-order valence-electron chi connectivity index (χ1n) is 37.0. The van der Waals surface area contributed by atoms with Crippen molar-refractivity contribution in [2.45, 2.75) is 381 Å². The number of hydrogen-bond acceptors (Lipinski definition) is 15. The summed E-state index contributed by atoms with van der Waals surface area (Å²) in [6.07, 6.45) is 48.5. The molecule has 19 heteroatoms. The fourth-order valence-corrected chi connectivity index (χ4v) is 12.3. The lowest BCUT2D eigenvalue weighted by Gasteiger charge is -2.21. The van der Waals surface area contributed by atoms with Crippen molar-refractivity contribution in [1.29, 1.82) is 0 Å². The molecule has 0 aromatic rings. The summed E-state index contributed by atoms with van der Waals surface area (Å²) in [7, 11) is -9.90. The number of phosphoric acid groups is 2. The molecule has 0 heterocycles. The van der Waals surface area contributed by atoms with Gasteiger partial charge in [-0.15, -0.1) is 0 Å². The van der Waals surface area contributed by atoms with Crippen LogP contribution in [-0.4, -0.2) is 96.7 Å². The molecular formula is C71H138O17P2. The van der Waals surface area contributed by atoms with E-state index in [-0.39, 0.29) is 25.7 Å². The minimum absolute atomic E-state index is 0.105. The summed E-state index contributed by atoms with van der Waals surface area (Å²) in [5.74, 6) is -0.633. The van der Waals surface area contributed by atoms with E-state index < -0.39 is 97.5 Å².